The second-order valence-electron chi connectivity index (χ2n) is 8.09. The molecule has 0 saturated carbocycles. The van der Waals surface area contributed by atoms with E-state index >= 15 is 0 Å². The molecule has 1 aromatic rings. The van der Waals surface area contributed by atoms with E-state index in [4.69, 9.17) is 0 Å². The van der Waals surface area contributed by atoms with Crippen molar-refractivity contribution in [1.29, 1.82) is 0 Å². The van der Waals surface area contributed by atoms with Gasteiger partial charge in [-0.2, -0.15) is 4.31 Å². The number of carbonyl (C=O) groups excluding carboxylic acids is 1. The summed E-state index contributed by atoms with van der Waals surface area (Å²) in [6, 6.07) is 8.71. The molecule has 146 valence electrons. The number of rotatable bonds is 6. The monoisotopic (exact) mass is 381 g/mol. The molecule has 2 amide bonds. The molecule has 1 aromatic carbocycles. The van der Waals surface area contributed by atoms with E-state index in [0.717, 1.165) is 19.3 Å². The Morgan fingerprint density at radius 3 is 2.54 bits per heavy atom. The summed E-state index contributed by atoms with van der Waals surface area (Å²) in [4.78, 5) is 12.1. The molecule has 2 rings (SSSR count). The fraction of sp³-hybridized carbons (Fsp3) is 0.632. The van der Waals surface area contributed by atoms with Crippen LogP contribution < -0.4 is 10.6 Å². The molecule has 7 heteroatoms. The summed E-state index contributed by atoms with van der Waals surface area (Å²) in [5, 5.41) is 5.58. The topological polar surface area (TPSA) is 78.5 Å². The second kappa shape index (κ2) is 8.86. The Morgan fingerprint density at radius 1 is 1.19 bits per heavy atom. The largest absolute Gasteiger partial charge is 0.336 e. The number of hydrogen-bond acceptors (Lipinski definition) is 3. The maximum atomic E-state index is 12.8. The van der Waals surface area contributed by atoms with Crippen molar-refractivity contribution in [3.8, 4) is 0 Å². The van der Waals surface area contributed by atoms with Crippen LogP contribution in [0.5, 0.6) is 0 Å². The van der Waals surface area contributed by atoms with E-state index in [1.807, 2.05) is 51.1 Å². The number of amides is 2. The Labute approximate surface area is 157 Å². The molecular weight excluding hydrogens is 350 g/mol. The summed E-state index contributed by atoms with van der Waals surface area (Å²) >= 11 is 0. The van der Waals surface area contributed by atoms with Crippen molar-refractivity contribution in [3.63, 3.8) is 0 Å². The molecule has 0 bridgehead atoms. The summed E-state index contributed by atoms with van der Waals surface area (Å²) in [5.41, 5.74) is 0.690. The van der Waals surface area contributed by atoms with Gasteiger partial charge in [0.25, 0.3) is 0 Å². The summed E-state index contributed by atoms with van der Waals surface area (Å²) in [7, 11) is -3.31. The molecule has 2 N–H and O–H groups in total. The van der Waals surface area contributed by atoms with Gasteiger partial charge in [-0.05, 0) is 36.8 Å². The fourth-order valence-corrected chi connectivity index (χ4v) is 5.15. The van der Waals surface area contributed by atoms with Gasteiger partial charge in [-0.1, -0.05) is 45.4 Å². The van der Waals surface area contributed by atoms with Gasteiger partial charge in [0.15, 0.2) is 0 Å². The zero-order valence-corrected chi connectivity index (χ0v) is 16.8. The Morgan fingerprint density at radius 2 is 1.88 bits per heavy atom. The predicted molar refractivity (Wildman–Crippen MR) is 106 cm³/mol. The van der Waals surface area contributed by atoms with Crippen LogP contribution in [0.15, 0.2) is 30.3 Å². The number of benzene rings is 1. The molecule has 0 aliphatic carbocycles. The molecule has 1 aliphatic rings. The number of nitrogens with one attached hydrogen (secondary N) is 2. The van der Waals surface area contributed by atoms with Gasteiger partial charge < -0.3 is 10.6 Å². The zero-order valence-electron chi connectivity index (χ0n) is 16.0. The van der Waals surface area contributed by atoms with Crippen LogP contribution in [-0.4, -0.2) is 43.6 Å². The summed E-state index contributed by atoms with van der Waals surface area (Å²) in [6.07, 6.45) is 3.26. The highest BCUT2D eigenvalue weighted by Crippen LogP contribution is 2.24. The van der Waals surface area contributed by atoms with Crippen LogP contribution in [0.2, 0.25) is 0 Å². The third kappa shape index (κ3) is 6.61. The lowest BCUT2D eigenvalue weighted by atomic mass is 9.94. The lowest BCUT2D eigenvalue weighted by molar-refractivity contribution is 0.230. The SMILES string of the molecule is CC(C)(C)CCS(=O)(=O)N1CCCCC1CNC(=O)Nc1ccccc1. The van der Waals surface area contributed by atoms with Crippen LogP contribution in [-0.2, 0) is 10.0 Å². The number of urea groups is 1. The molecule has 6 nitrogen and oxygen atoms in total. The van der Waals surface area contributed by atoms with Gasteiger partial charge in [-0.15, -0.1) is 0 Å². The Balaban J connectivity index is 1.92. The van der Waals surface area contributed by atoms with Gasteiger partial charge in [0.05, 0.1) is 5.75 Å². The molecule has 1 fully saturated rings. The molecule has 1 atom stereocenters. The van der Waals surface area contributed by atoms with E-state index in [1.165, 1.54) is 0 Å². The molecule has 26 heavy (non-hydrogen) atoms. The molecule has 0 radical (unpaired) electrons. The molecule has 0 spiro atoms. The number of piperidine rings is 1. The highest BCUT2D eigenvalue weighted by Gasteiger charge is 2.33. The molecular formula is C19H31N3O3S. The summed E-state index contributed by atoms with van der Waals surface area (Å²) in [6.45, 7) is 7.01. The van der Waals surface area contributed by atoms with E-state index in [2.05, 4.69) is 10.6 Å². The van der Waals surface area contributed by atoms with Gasteiger partial charge >= 0.3 is 6.03 Å². The van der Waals surface area contributed by atoms with E-state index in [-0.39, 0.29) is 23.2 Å². The number of para-hydroxylation sites is 1. The van der Waals surface area contributed by atoms with E-state index in [1.54, 1.807) is 4.31 Å². The maximum absolute atomic E-state index is 12.8. The Hall–Kier alpha value is -1.60. The first-order valence-corrected chi connectivity index (χ1v) is 10.9. The minimum Gasteiger partial charge on any atom is -0.336 e. The number of hydrogen-bond donors (Lipinski definition) is 2. The van der Waals surface area contributed by atoms with Gasteiger partial charge in [0.2, 0.25) is 10.0 Å². The third-order valence-corrected chi connectivity index (χ3v) is 6.49. The van der Waals surface area contributed by atoms with Gasteiger partial charge in [0.1, 0.15) is 0 Å². The van der Waals surface area contributed by atoms with Crippen molar-refractivity contribution < 1.29 is 13.2 Å². The quantitative estimate of drug-likeness (QED) is 0.792. The Kier molecular flexibility index (Phi) is 7.06. The van der Waals surface area contributed by atoms with Crippen LogP contribution in [0, 0.1) is 5.41 Å². The fourth-order valence-electron chi connectivity index (χ4n) is 3.00. The first kappa shape index (κ1) is 20.7. The van der Waals surface area contributed by atoms with Gasteiger partial charge in [-0.3, -0.25) is 0 Å². The van der Waals surface area contributed by atoms with Crippen molar-refractivity contribution >= 4 is 21.7 Å². The standard InChI is InChI=1S/C19H31N3O3S/c1-19(2,3)12-14-26(24,25)22-13-8-7-11-17(22)15-20-18(23)21-16-9-5-4-6-10-16/h4-6,9-10,17H,7-8,11-15H2,1-3H3,(H2,20,21,23). The predicted octanol–water partition coefficient (Wildman–Crippen LogP) is 3.43. The number of anilines is 1. The van der Waals surface area contributed by atoms with Crippen LogP contribution in [0.3, 0.4) is 0 Å². The average Bonchev–Trinajstić information content (AvgIpc) is 2.59. The smallest absolute Gasteiger partial charge is 0.319 e. The summed E-state index contributed by atoms with van der Waals surface area (Å²) in [5.74, 6) is 0.156. The highest BCUT2D eigenvalue weighted by molar-refractivity contribution is 7.89. The van der Waals surface area contributed by atoms with Crippen molar-refractivity contribution in [2.45, 2.75) is 52.5 Å². The number of sulfonamides is 1. The lowest BCUT2D eigenvalue weighted by Crippen LogP contribution is -2.50. The summed E-state index contributed by atoms with van der Waals surface area (Å²) < 4.78 is 27.2. The zero-order chi connectivity index (χ0) is 19.2. The first-order chi connectivity index (χ1) is 12.2. The maximum Gasteiger partial charge on any atom is 0.319 e. The van der Waals surface area contributed by atoms with E-state index < -0.39 is 10.0 Å². The minimum atomic E-state index is -3.31. The van der Waals surface area contributed by atoms with Gasteiger partial charge in [-0.25, -0.2) is 13.2 Å². The van der Waals surface area contributed by atoms with Crippen molar-refractivity contribution in [3.05, 3.63) is 30.3 Å². The normalized spacial score (nSPS) is 19.1. The Bertz CT molecular complexity index is 684. The number of carbonyl (C=O) groups is 1. The molecule has 1 heterocycles. The van der Waals surface area contributed by atoms with Gasteiger partial charge in [0, 0.05) is 24.8 Å². The van der Waals surface area contributed by atoms with E-state index in [0.29, 0.717) is 25.2 Å². The molecule has 0 aromatic heterocycles. The van der Waals surface area contributed by atoms with Crippen LogP contribution >= 0.6 is 0 Å². The molecule has 1 unspecified atom stereocenters. The van der Waals surface area contributed by atoms with Crippen LogP contribution in [0.25, 0.3) is 0 Å². The lowest BCUT2D eigenvalue weighted by Gasteiger charge is -2.35. The molecule has 1 saturated heterocycles. The second-order valence-corrected chi connectivity index (χ2v) is 10.1. The minimum absolute atomic E-state index is 0.0217. The van der Waals surface area contributed by atoms with Crippen molar-refractivity contribution in [2.75, 3.05) is 24.2 Å². The molecule has 1 aliphatic heterocycles. The van der Waals surface area contributed by atoms with E-state index in [9.17, 15) is 13.2 Å². The van der Waals surface area contributed by atoms with Crippen LogP contribution in [0.4, 0.5) is 10.5 Å². The van der Waals surface area contributed by atoms with Crippen molar-refractivity contribution in [2.24, 2.45) is 5.41 Å². The number of nitrogens with zero attached hydrogens (tertiary/aromatic N) is 1. The highest BCUT2D eigenvalue weighted by atomic mass is 32.2. The third-order valence-electron chi connectivity index (χ3n) is 4.57. The van der Waals surface area contributed by atoms with Crippen LogP contribution in [0.1, 0.15) is 46.5 Å². The average molecular weight is 382 g/mol. The first-order valence-electron chi connectivity index (χ1n) is 9.27. The van der Waals surface area contributed by atoms with Crippen molar-refractivity contribution in [1.82, 2.24) is 9.62 Å².